The van der Waals surface area contributed by atoms with Gasteiger partial charge in [-0.15, -0.1) is 0 Å². The van der Waals surface area contributed by atoms with Crippen LogP contribution in [-0.4, -0.2) is 53.5 Å². The Bertz CT molecular complexity index is 1280. The molecule has 176 valence electrons. The first-order chi connectivity index (χ1) is 16.5. The lowest BCUT2D eigenvalue weighted by atomic mass is 10.1. The Morgan fingerprint density at radius 2 is 1.76 bits per heavy atom. The van der Waals surface area contributed by atoms with Gasteiger partial charge in [-0.2, -0.15) is 5.10 Å². The van der Waals surface area contributed by atoms with Gasteiger partial charge in [0.05, 0.1) is 50.5 Å². The van der Waals surface area contributed by atoms with Crippen molar-refractivity contribution in [2.45, 2.75) is 6.42 Å². The summed E-state index contributed by atoms with van der Waals surface area (Å²) in [7, 11) is 6.46. The number of hydroxylamine groups is 1. The number of hydrogen-bond acceptors (Lipinski definition) is 8. The lowest BCUT2D eigenvalue weighted by Crippen LogP contribution is -2.28. The smallest absolute Gasteiger partial charge is 0.245 e. The molecule has 4 rings (SSSR count). The standard InChI is InChI=1S/C24H26N6O4/c1-29-15-16(13-26-29)23-14-25-21-6-5-17(11-22(21)27-23)30(8-7-24(31)28-34-4)18-9-19(32-2)12-20(10-18)33-3/h5-6,9-15H,7-8H2,1-4H3,(H,28,31). The number of carbonyl (C=O) groups excluding carboxylic acids is 1. The molecule has 10 nitrogen and oxygen atoms in total. The number of aryl methyl sites for hydroxylation is 1. The molecule has 1 amide bonds. The minimum absolute atomic E-state index is 0.201. The molecule has 0 aliphatic heterocycles. The number of ether oxygens (including phenoxy) is 2. The molecule has 34 heavy (non-hydrogen) atoms. The van der Waals surface area contributed by atoms with Crippen LogP contribution in [0.25, 0.3) is 22.3 Å². The highest BCUT2D eigenvalue weighted by atomic mass is 16.6. The second-order valence-electron chi connectivity index (χ2n) is 7.53. The number of amides is 1. The van der Waals surface area contributed by atoms with Crippen LogP contribution in [0, 0.1) is 0 Å². The van der Waals surface area contributed by atoms with Crippen molar-refractivity contribution in [1.29, 1.82) is 0 Å². The molecule has 2 heterocycles. The fraction of sp³-hybridized carbons (Fsp3) is 0.250. The van der Waals surface area contributed by atoms with Crippen LogP contribution in [0.2, 0.25) is 0 Å². The third kappa shape index (κ3) is 5.07. The Morgan fingerprint density at radius 1 is 1.00 bits per heavy atom. The molecule has 10 heteroatoms. The molecule has 2 aromatic carbocycles. The van der Waals surface area contributed by atoms with Gasteiger partial charge in [0.2, 0.25) is 5.91 Å². The SMILES string of the molecule is CONC(=O)CCN(c1cc(OC)cc(OC)c1)c1ccc2ncc(-c3cnn(C)c3)nc2c1. The minimum Gasteiger partial charge on any atom is -0.497 e. The van der Waals surface area contributed by atoms with Crippen molar-refractivity contribution in [1.82, 2.24) is 25.2 Å². The second-order valence-corrected chi connectivity index (χ2v) is 7.53. The number of benzene rings is 2. The van der Waals surface area contributed by atoms with E-state index < -0.39 is 0 Å². The summed E-state index contributed by atoms with van der Waals surface area (Å²) < 4.78 is 12.6. The number of aromatic nitrogens is 4. The van der Waals surface area contributed by atoms with Gasteiger partial charge >= 0.3 is 0 Å². The van der Waals surface area contributed by atoms with Crippen LogP contribution in [0.3, 0.4) is 0 Å². The van der Waals surface area contributed by atoms with Crippen LogP contribution in [0.1, 0.15) is 6.42 Å². The van der Waals surface area contributed by atoms with Gasteiger partial charge in [-0.1, -0.05) is 0 Å². The topological polar surface area (TPSA) is 104 Å². The van der Waals surface area contributed by atoms with Crippen molar-refractivity contribution in [3.05, 3.63) is 55.0 Å². The molecule has 0 fully saturated rings. The van der Waals surface area contributed by atoms with Gasteiger partial charge in [0.15, 0.2) is 0 Å². The van der Waals surface area contributed by atoms with Crippen LogP contribution < -0.4 is 19.9 Å². The van der Waals surface area contributed by atoms with Crippen molar-refractivity contribution in [3.8, 4) is 22.8 Å². The van der Waals surface area contributed by atoms with Crippen molar-refractivity contribution >= 4 is 28.3 Å². The van der Waals surface area contributed by atoms with Gasteiger partial charge in [0.1, 0.15) is 11.5 Å². The number of anilines is 2. The third-order valence-corrected chi connectivity index (χ3v) is 5.26. The highest BCUT2D eigenvalue weighted by Crippen LogP contribution is 2.34. The average molecular weight is 463 g/mol. The van der Waals surface area contributed by atoms with E-state index in [-0.39, 0.29) is 12.3 Å². The monoisotopic (exact) mass is 462 g/mol. The molecule has 0 saturated carbocycles. The molecule has 0 aliphatic rings. The molecule has 0 spiro atoms. The Labute approximate surface area is 197 Å². The summed E-state index contributed by atoms with van der Waals surface area (Å²) in [5.41, 5.74) is 7.10. The lowest BCUT2D eigenvalue weighted by molar-refractivity contribution is -0.131. The molecule has 0 aliphatic carbocycles. The maximum atomic E-state index is 12.1. The fourth-order valence-electron chi connectivity index (χ4n) is 3.59. The minimum atomic E-state index is -0.234. The second kappa shape index (κ2) is 10.2. The Balaban J connectivity index is 1.76. The van der Waals surface area contributed by atoms with Gasteiger partial charge in [-0.25, -0.2) is 10.5 Å². The van der Waals surface area contributed by atoms with E-state index in [0.29, 0.717) is 18.0 Å². The van der Waals surface area contributed by atoms with Crippen LogP contribution in [0.15, 0.2) is 55.0 Å². The zero-order valence-electron chi connectivity index (χ0n) is 19.5. The maximum absolute atomic E-state index is 12.1. The van der Waals surface area contributed by atoms with E-state index in [1.54, 1.807) is 37.4 Å². The summed E-state index contributed by atoms with van der Waals surface area (Å²) in [5.74, 6) is 1.04. The predicted octanol–water partition coefficient (Wildman–Crippen LogP) is 3.25. The van der Waals surface area contributed by atoms with Gasteiger partial charge in [-0.05, 0) is 18.2 Å². The normalized spacial score (nSPS) is 10.8. The Kier molecular flexibility index (Phi) is 6.88. The van der Waals surface area contributed by atoms with E-state index >= 15 is 0 Å². The Hall–Kier alpha value is -4.18. The first-order valence-electron chi connectivity index (χ1n) is 10.6. The maximum Gasteiger partial charge on any atom is 0.245 e. The molecule has 0 atom stereocenters. The molecule has 0 bridgehead atoms. The molecule has 0 unspecified atom stereocenters. The molecule has 1 N–H and O–H groups in total. The number of carbonyl (C=O) groups is 1. The van der Waals surface area contributed by atoms with Crippen molar-refractivity contribution < 1.29 is 19.1 Å². The number of fused-ring (bicyclic) bond motifs is 1. The molecule has 0 radical (unpaired) electrons. The zero-order valence-corrected chi connectivity index (χ0v) is 19.5. The summed E-state index contributed by atoms with van der Waals surface area (Å²) in [6.07, 6.45) is 5.58. The van der Waals surface area contributed by atoms with Crippen molar-refractivity contribution in [3.63, 3.8) is 0 Å². The number of methoxy groups -OCH3 is 2. The predicted molar refractivity (Wildman–Crippen MR) is 128 cm³/mol. The number of rotatable bonds is 9. The summed E-state index contributed by atoms with van der Waals surface area (Å²) >= 11 is 0. The molecular formula is C24H26N6O4. The zero-order chi connectivity index (χ0) is 24.1. The first-order valence-corrected chi connectivity index (χ1v) is 10.6. The quantitative estimate of drug-likeness (QED) is 0.378. The van der Waals surface area contributed by atoms with Crippen LogP contribution in [-0.2, 0) is 16.7 Å². The third-order valence-electron chi connectivity index (χ3n) is 5.26. The highest BCUT2D eigenvalue weighted by molar-refractivity contribution is 5.83. The van der Waals surface area contributed by atoms with Gasteiger partial charge in [-0.3, -0.25) is 19.3 Å². The largest absolute Gasteiger partial charge is 0.497 e. The van der Waals surface area contributed by atoms with E-state index in [4.69, 9.17) is 19.3 Å². The first kappa shape index (κ1) is 23.0. The van der Waals surface area contributed by atoms with Crippen molar-refractivity contribution in [2.75, 3.05) is 32.8 Å². The summed E-state index contributed by atoms with van der Waals surface area (Å²) in [6.45, 7) is 0.382. The van der Waals surface area contributed by atoms with E-state index in [1.165, 1.54) is 7.11 Å². The van der Waals surface area contributed by atoms with E-state index in [2.05, 4.69) is 15.6 Å². The summed E-state index contributed by atoms with van der Waals surface area (Å²) in [6, 6.07) is 11.4. The van der Waals surface area contributed by atoms with Crippen LogP contribution in [0.5, 0.6) is 11.5 Å². The number of nitrogens with zero attached hydrogens (tertiary/aromatic N) is 5. The van der Waals surface area contributed by atoms with E-state index in [0.717, 1.165) is 33.7 Å². The van der Waals surface area contributed by atoms with E-state index in [9.17, 15) is 4.79 Å². The average Bonchev–Trinajstić information content (AvgIpc) is 3.29. The lowest BCUT2D eigenvalue weighted by Gasteiger charge is -2.26. The van der Waals surface area contributed by atoms with E-state index in [1.807, 2.05) is 48.5 Å². The Morgan fingerprint density at radius 3 is 2.41 bits per heavy atom. The van der Waals surface area contributed by atoms with Gasteiger partial charge in [0, 0.05) is 61.3 Å². The number of hydrogen-bond donors (Lipinski definition) is 1. The van der Waals surface area contributed by atoms with Crippen molar-refractivity contribution in [2.24, 2.45) is 7.05 Å². The summed E-state index contributed by atoms with van der Waals surface area (Å²) in [4.78, 5) is 28.2. The summed E-state index contributed by atoms with van der Waals surface area (Å²) in [5, 5.41) is 4.22. The van der Waals surface area contributed by atoms with Crippen LogP contribution in [0.4, 0.5) is 11.4 Å². The fourth-order valence-corrected chi connectivity index (χ4v) is 3.59. The van der Waals surface area contributed by atoms with Gasteiger partial charge in [0.25, 0.3) is 0 Å². The molecule has 0 saturated heterocycles. The van der Waals surface area contributed by atoms with Gasteiger partial charge < -0.3 is 14.4 Å². The molecule has 4 aromatic rings. The molecule has 2 aromatic heterocycles. The molecular weight excluding hydrogens is 436 g/mol. The number of nitrogens with one attached hydrogen (secondary N) is 1. The highest BCUT2D eigenvalue weighted by Gasteiger charge is 2.16. The van der Waals surface area contributed by atoms with Crippen LogP contribution >= 0.6 is 0 Å².